The lowest BCUT2D eigenvalue weighted by Gasteiger charge is -1.96. The van der Waals surface area contributed by atoms with Gasteiger partial charge in [-0.15, -0.1) is 11.8 Å². The predicted molar refractivity (Wildman–Crippen MR) is 62.8 cm³/mol. The molecule has 0 aliphatic carbocycles. The molecular formula is C11H14N2S. The Morgan fingerprint density at radius 2 is 2.29 bits per heavy atom. The molecule has 14 heavy (non-hydrogen) atoms. The second kappa shape index (κ2) is 4.07. The fourth-order valence-electron chi connectivity index (χ4n) is 1.65. The maximum Gasteiger partial charge on any atom is 0.0467 e. The molecule has 0 spiro atoms. The molecule has 1 aromatic heterocycles. The van der Waals surface area contributed by atoms with Crippen LogP contribution in [-0.4, -0.2) is 18.3 Å². The number of aromatic nitrogens is 1. The van der Waals surface area contributed by atoms with Crippen LogP contribution in [0.5, 0.6) is 0 Å². The Morgan fingerprint density at radius 1 is 1.43 bits per heavy atom. The molecule has 74 valence electrons. The molecule has 0 aliphatic heterocycles. The zero-order valence-corrected chi connectivity index (χ0v) is 9.24. The quantitative estimate of drug-likeness (QED) is 0.755. The fourth-order valence-corrected chi connectivity index (χ4v) is 2.25. The number of thioether (sulfide) groups is 1. The van der Waals surface area contributed by atoms with Gasteiger partial charge in [-0.1, -0.05) is 6.07 Å². The predicted octanol–water partition coefficient (Wildman–Crippen LogP) is 2.61. The lowest BCUT2D eigenvalue weighted by molar-refractivity contribution is 0.799. The summed E-state index contributed by atoms with van der Waals surface area (Å²) in [5.74, 6) is 0. The molecular weight excluding hydrogens is 192 g/mol. The first-order chi connectivity index (χ1) is 6.85. The summed E-state index contributed by atoms with van der Waals surface area (Å²) >= 11 is 1.79. The first-order valence-corrected chi connectivity index (χ1v) is 5.87. The average Bonchev–Trinajstić information content (AvgIpc) is 2.60. The maximum atomic E-state index is 3.40. The number of H-pyrrole nitrogens is 1. The van der Waals surface area contributed by atoms with Gasteiger partial charge in [0.1, 0.15) is 0 Å². The van der Waals surface area contributed by atoms with Gasteiger partial charge in [-0.3, -0.25) is 0 Å². The van der Waals surface area contributed by atoms with Gasteiger partial charge >= 0.3 is 0 Å². The van der Waals surface area contributed by atoms with Crippen molar-refractivity contribution in [1.82, 2.24) is 10.3 Å². The summed E-state index contributed by atoms with van der Waals surface area (Å²) in [6.07, 6.45) is 2.11. The molecule has 2 rings (SSSR count). The van der Waals surface area contributed by atoms with E-state index in [1.165, 1.54) is 21.5 Å². The van der Waals surface area contributed by atoms with E-state index in [4.69, 9.17) is 0 Å². The number of nitrogens with one attached hydrogen (secondary N) is 2. The summed E-state index contributed by atoms with van der Waals surface area (Å²) in [6, 6.07) is 8.59. The molecule has 0 unspecified atom stereocenters. The Kier molecular flexibility index (Phi) is 2.79. The Hall–Kier alpha value is -0.930. The molecule has 2 N–H and O–H groups in total. The monoisotopic (exact) mass is 206 g/mol. The molecule has 0 saturated carbocycles. The minimum atomic E-state index is 0.891. The summed E-state index contributed by atoms with van der Waals surface area (Å²) in [5.41, 5.74) is 2.46. The van der Waals surface area contributed by atoms with Crippen molar-refractivity contribution in [3.8, 4) is 0 Å². The van der Waals surface area contributed by atoms with Gasteiger partial charge in [0, 0.05) is 28.0 Å². The zero-order chi connectivity index (χ0) is 9.97. The van der Waals surface area contributed by atoms with E-state index in [9.17, 15) is 0 Å². The van der Waals surface area contributed by atoms with Gasteiger partial charge in [-0.2, -0.15) is 0 Å². The van der Waals surface area contributed by atoms with Gasteiger partial charge in [0.25, 0.3) is 0 Å². The normalized spacial score (nSPS) is 11.0. The first kappa shape index (κ1) is 9.62. The van der Waals surface area contributed by atoms with Crippen molar-refractivity contribution < 1.29 is 0 Å². The van der Waals surface area contributed by atoms with Crippen LogP contribution < -0.4 is 5.32 Å². The largest absolute Gasteiger partial charge is 0.357 e. The smallest absolute Gasteiger partial charge is 0.0467 e. The standard InChI is InChI=1S/C11H14N2S/c1-12-7-8-6-9-10(13-8)4-3-5-11(9)14-2/h3-6,12-13H,7H2,1-2H3. The zero-order valence-electron chi connectivity index (χ0n) is 8.42. The maximum absolute atomic E-state index is 3.40. The van der Waals surface area contributed by atoms with E-state index in [2.05, 4.69) is 40.8 Å². The summed E-state index contributed by atoms with van der Waals surface area (Å²) in [5, 5.41) is 4.47. The lowest BCUT2D eigenvalue weighted by Crippen LogP contribution is -2.04. The summed E-state index contributed by atoms with van der Waals surface area (Å²) < 4.78 is 0. The molecule has 0 amide bonds. The van der Waals surface area contributed by atoms with E-state index in [0.717, 1.165) is 6.54 Å². The number of hydrogen-bond donors (Lipinski definition) is 2. The van der Waals surface area contributed by atoms with Crippen molar-refractivity contribution in [3.63, 3.8) is 0 Å². The molecule has 0 atom stereocenters. The fraction of sp³-hybridized carbons (Fsp3) is 0.273. The highest BCUT2D eigenvalue weighted by atomic mass is 32.2. The van der Waals surface area contributed by atoms with Crippen LogP contribution in [0.3, 0.4) is 0 Å². The van der Waals surface area contributed by atoms with Crippen LogP contribution in [0.1, 0.15) is 5.69 Å². The van der Waals surface area contributed by atoms with Crippen LogP contribution in [0.4, 0.5) is 0 Å². The van der Waals surface area contributed by atoms with E-state index in [1.54, 1.807) is 11.8 Å². The van der Waals surface area contributed by atoms with E-state index < -0.39 is 0 Å². The number of benzene rings is 1. The molecule has 0 saturated heterocycles. The molecule has 2 aromatic rings. The Morgan fingerprint density at radius 3 is 3.00 bits per heavy atom. The molecule has 0 radical (unpaired) electrons. The second-order valence-corrected chi connectivity index (χ2v) is 4.09. The molecule has 3 heteroatoms. The van der Waals surface area contributed by atoms with Gasteiger partial charge in [0.05, 0.1) is 0 Å². The lowest BCUT2D eigenvalue weighted by atomic mass is 10.2. The van der Waals surface area contributed by atoms with Crippen LogP contribution >= 0.6 is 11.8 Å². The van der Waals surface area contributed by atoms with E-state index in [-0.39, 0.29) is 0 Å². The second-order valence-electron chi connectivity index (χ2n) is 3.25. The van der Waals surface area contributed by atoms with Gasteiger partial charge < -0.3 is 10.3 Å². The third-order valence-corrected chi connectivity index (χ3v) is 3.06. The molecule has 0 bridgehead atoms. The summed E-state index contributed by atoms with van der Waals surface area (Å²) in [4.78, 5) is 4.73. The number of aromatic amines is 1. The molecule has 0 aliphatic rings. The highest BCUT2D eigenvalue weighted by Crippen LogP contribution is 2.26. The van der Waals surface area contributed by atoms with E-state index >= 15 is 0 Å². The SMILES string of the molecule is CNCc1cc2c(SC)cccc2[nH]1. The topological polar surface area (TPSA) is 27.8 Å². The van der Waals surface area contributed by atoms with Gasteiger partial charge in [-0.05, 0) is 31.5 Å². The number of hydrogen-bond acceptors (Lipinski definition) is 2. The average molecular weight is 206 g/mol. The number of rotatable bonds is 3. The van der Waals surface area contributed by atoms with Crippen molar-refractivity contribution in [2.75, 3.05) is 13.3 Å². The van der Waals surface area contributed by atoms with Gasteiger partial charge in [0.2, 0.25) is 0 Å². The van der Waals surface area contributed by atoms with Crippen molar-refractivity contribution >= 4 is 22.7 Å². The first-order valence-electron chi connectivity index (χ1n) is 4.64. The van der Waals surface area contributed by atoms with Crippen LogP contribution in [0.15, 0.2) is 29.2 Å². The minimum Gasteiger partial charge on any atom is -0.357 e. The number of fused-ring (bicyclic) bond motifs is 1. The molecule has 1 heterocycles. The highest BCUT2D eigenvalue weighted by Gasteiger charge is 2.03. The van der Waals surface area contributed by atoms with Crippen LogP contribution in [0.25, 0.3) is 10.9 Å². The van der Waals surface area contributed by atoms with E-state index in [0.29, 0.717) is 0 Å². The summed E-state index contributed by atoms with van der Waals surface area (Å²) in [7, 11) is 1.96. The van der Waals surface area contributed by atoms with Crippen molar-refractivity contribution in [3.05, 3.63) is 30.0 Å². The van der Waals surface area contributed by atoms with Crippen molar-refractivity contribution in [2.24, 2.45) is 0 Å². The highest BCUT2D eigenvalue weighted by molar-refractivity contribution is 7.98. The van der Waals surface area contributed by atoms with Crippen LogP contribution in [0, 0.1) is 0 Å². The Labute approximate surface area is 88.1 Å². The van der Waals surface area contributed by atoms with Gasteiger partial charge in [-0.25, -0.2) is 0 Å². The van der Waals surface area contributed by atoms with Crippen molar-refractivity contribution in [2.45, 2.75) is 11.4 Å². The molecule has 2 nitrogen and oxygen atoms in total. The Bertz CT molecular complexity index is 434. The summed E-state index contributed by atoms with van der Waals surface area (Å²) in [6.45, 7) is 0.891. The molecule has 0 fully saturated rings. The van der Waals surface area contributed by atoms with E-state index in [1.807, 2.05) is 7.05 Å². The Balaban J connectivity index is 2.52. The van der Waals surface area contributed by atoms with Crippen LogP contribution in [-0.2, 0) is 6.54 Å². The van der Waals surface area contributed by atoms with Crippen molar-refractivity contribution in [1.29, 1.82) is 0 Å². The third kappa shape index (κ3) is 1.65. The minimum absolute atomic E-state index is 0.891. The molecule has 1 aromatic carbocycles. The van der Waals surface area contributed by atoms with Gasteiger partial charge in [0.15, 0.2) is 0 Å². The third-order valence-electron chi connectivity index (χ3n) is 2.27. The van der Waals surface area contributed by atoms with Crippen LogP contribution in [0.2, 0.25) is 0 Å².